The number of carbonyl (C=O) groups is 2. The number of hydrogen-bond donors (Lipinski definition) is 0. The predicted octanol–water partition coefficient (Wildman–Crippen LogP) is 3.39. The highest BCUT2D eigenvalue weighted by Crippen LogP contribution is 2.23. The van der Waals surface area contributed by atoms with Crippen LogP contribution in [0.15, 0.2) is 67.1 Å². The van der Waals surface area contributed by atoms with Crippen LogP contribution in [0, 0.1) is 11.3 Å². The molecule has 0 unspecified atom stereocenters. The average molecular weight is 442 g/mol. The molecule has 0 bridgehead atoms. The number of carbonyl (C=O) groups excluding carboxylic acids is 2. The topological polar surface area (TPSA) is 82.2 Å². The normalized spacial score (nSPS) is 15.3. The van der Waals surface area contributed by atoms with Crippen molar-refractivity contribution >= 4 is 17.5 Å². The number of likely N-dealkylation sites (tertiary alicyclic amines) is 1. The van der Waals surface area contributed by atoms with Crippen LogP contribution in [0.1, 0.15) is 36.6 Å². The SMILES string of the molecule is CC(=O)N(C[C@@H]1CCCN1C(=O)Cc1cncn1Cc1ccc(C#N)cc1)c1ccccc1. The second-order valence-electron chi connectivity index (χ2n) is 8.35. The van der Waals surface area contributed by atoms with E-state index in [1.54, 1.807) is 36.5 Å². The number of rotatable bonds is 7. The minimum absolute atomic E-state index is 0.00324. The first-order valence-electron chi connectivity index (χ1n) is 11.2. The molecule has 0 saturated carbocycles. The molecule has 7 heteroatoms. The van der Waals surface area contributed by atoms with E-state index in [1.807, 2.05) is 51.9 Å². The summed E-state index contributed by atoms with van der Waals surface area (Å²) in [6.45, 7) is 3.35. The van der Waals surface area contributed by atoms with Crippen molar-refractivity contribution in [2.75, 3.05) is 18.0 Å². The first-order valence-corrected chi connectivity index (χ1v) is 11.2. The zero-order valence-corrected chi connectivity index (χ0v) is 18.7. The van der Waals surface area contributed by atoms with Crippen molar-refractivity contribution in [3.05, 3.63) is 83.9 Å². The van der Waals surface area contributed by atoms with E-state index < -0.39 is 0 Å². The van der Waals surface area contributed by atoms with Crippen LogP contribution < -0.4 is 4.90 Å². The number of nitrogens with zero attached hydrogens (tertiary/aromatic N) is 5. The Kier molecular flexibility index (Phi) is 6.84. The maximum Gasteiger partial charge on any atom is 0.228 e. The number of imidazole rings is 1. The van der Waals surface area contributed by atoms with E-state index in [4.69, 9.17) is 5.26 Å². The van der Waals surface area contributed by atoms with Crippen LogP contribution in [0.5, 0.6) is 0 Å². The Balaban J connectivity index is 1.43. The summed E-state index contributed by atoms with van der Waals surface area (Å²) in [5.41, 5.74) is 3.36. The minimum Gasteiger partial charge on any atom is -0.338 e. The van der Waals surface area contributed by atoms with Crippen LogP contribution in [0.25, 0.3) is 0 Å². The first kappa shape index (κ1) is 22.3. The molecule has 1 saturated heterocycles. The monoisotopic (exact) mass is 441 g/mol. The molecule has 168 valence electrons. The van der Waals surface area contributed by atoms with Crippen LogP contribution in [0.2, 0.25) is 0 Å². The van der Waals surface area contributed by atoms with Crippen LogP contribution in [-0.4, -0.2) is 45.4 Å². The fourth-order valence-corrected chi connectivity index (χ4v) is 4.36. The van der Waals surface area contributed by atoms with E-state index in [-0.39, 0.29) is 24.3 Å². The Labute approximate surface area is 193 Å². The van der Waals surface area contributed by atoms with E-state index in [2.05, 4.69) is 11.1 Å². The smallest absolute Gasteiger partial charge is 0.228 e. The van der Waals surface area contributed by atoms with E-state index in [9.17, 15) is 9.59 Å². The third kappa shape index (κ3) is 5.29. The number of anilines is 1. The van der Waals surface area contributed by atoms with Gasteiger partial charge >= 0.3 is 0 Å². The standard InChI is InChI=1S/C26H27N5O2/c1-20(32)31(23-6-3-2-4-7-23)18-24-8-5-13-30(24)26(33)14-25-16-28-19-29(25)17-22-11-9-21(15-27)10-12-22/h2-4,6-7,9-12,16,19,24H,5,8,13-14,17-18H2,1H3/t24-/m0/s1. The van der Waals surface area contributed by atoms with Gasteiger partial charge in [0.2, 0.25) is 11.8 Å². The molecule has 0 radical (unpaired) electrons. The zero-order valence-electron chi connectivity index (χ0n) is 18.7. The van der Waals surface area contributed by atoms with Gasteiger partial charge in [0.25, 0.3) is 0 Å². The van der Waals surface area contributed by atoms with Gasteiger partial charge in [-0.2, -0.15) is 5.26 Å². The summed E-state index contributed by atoms with van der Waals surface area (Å²) in [6, 6.07) is 19.1. The first-order chi connectivity index (χ1) is 16.0. The van der Waals surface area contributed by atoms with Crippen molar-refractivity contribution in [1.82, 2.24) is 14.5 Å². The summed E-state index contributed by atoms with van der Waals surface area (Å²) in [5, 5.41) is 8.97. The zero-order chi connectivity index (χ0) is 23.2. The van der Waals surface area contributed by atoms with Gasteiger partial charge in [0.15, 0.2) is 0 Å². The molecule has 0 aliphatic carbocycles. The van der Waals surface area contributed by atoms with Crippen molar-refractivity contribution in [1.29, 1.82) is 5.26 Å². The number of benzene rings is 2. The quantitative estimate of drug-likeness (QED) is 0.563. The maximum absolute atomic E-state index is 13.2. The highest BCUT2D eigenvalue weighted by atomic mass is 16.2. The molecule has 33 heavy (non-hydrogen) atoms. The van der Waals surface area contributed by atoms with E-state index in [1.165, 1.54) is 0 Å². The summed E-state index contributed by atoms with van der Waals surface area (Å²) in [5.74, 6) is 0.0247. The maximum atomic E-state index is 13.2. The lowest BCUT2D eigenvalue weighted by atomic mass is 10.1. The lowest BCUT2D eigenvalue weighted by molar-refractivity contribution is -0.131. The van der Waals surface area contributed by atoms with Gasteiger partial charge < -0.3 is 14.4 Å². The molecule has 2 amide bonds. The van der Waals surface area contributed by atoms with Gasteiger partial charge in [0.05, 0.1) is 24.4 Å². The molecule has 0 spiro atoms. The van der Waals surface area contributed by atoms with E-state index in [0.717, 1.165) is 29.8 Å². The summed E-state index contributed by atoms with van der Waals surface area (Å²) in [7, 11) is 0. The third-order valence-corrected chi connectivity index (χ3v) is 6.11. The second-order valence-corrected chi connectivity index (χ2v) is 8.35. The van der Waals surface area contributed by atoms with Crippen LogP contribution in [-0.2, 0) is 22.6 Å². The fraction of sp³-hybridized carbons (Fsp3) is 0.308. The number of amides is 2. The number of aromatic nitrogens is 2. The summed E-state index contributed by atoms with van der Waals surface area (Å²) in [6.07, 6.45) is 5.54. The summed E-state index contributed by atoms with van der Waals surface area (Å²) >= 11 is 0. The Morgan fingerprint density at radius 3 is 2.61 bits per heavy atom. The Morgan fingerprint density at radius 1 is 1.15 bits per heavy atom. The van der Waals surface area contributed by atoms with Gasteiger partial charge in [-0.15, -0.1) is 0 Å². The second kappa shape index (κ2) is 10.1. The summed E-state index contributed by atoms with van der Waals surface area (Å²) in [4.78, 5) is 33.5. The molecular formula is C26H27N5O2. The number of para-hydroxylation sites is 1. The summed E-state index contributed by atoms with van der Waals surface area (Å²) < 4.78 is 1.97. The molecular weight excluding hydrogens is 414 g/mol. The minimum atomic E-state index is -0.0269. The Hall–Kier alpha value is -3.92. The van der Waals surface area contributed by atoms with Crippen LogP contribution in [0.3, 0.4) is 0 Å². The number of hydrogen-bond acceptors (Lipinski definition) is 4. The van der Waals surface area contributed by atoms with Crippen LogP contribution >= 0.6 is 0 Å². The average Bonchev–Trinajstić information content (AvgIpc) is 3.48. The Morgan fingerprint density at radius 2 is 1.91 bits per heavy atom. The van der Waals surface area contributed by atoms with E-state index >= 15 is 0 Å². The Bertz CT molecular complexity index is 1150. The molecule has 1 aromatic heterocycles. The molecule has 3 aromatic rings. The van der Waals surface area contributed by atoms with Crippen LogP contribution in [0.4, 0.5) is 5.69 Å². The van der Waals surface area contributed by atoms with Gasteiger partial charge in [0.1, 0.15) is 0 Å². The van der Waals surface area contributed by atoms with Gasteiger partial charge in [0, 0.05) is 50.2 Å². The van der Waals surface area contributed by atoms with Gasteiger partial charge in [-0.1, -0.05) is 30.3 Å². The molecule has 1 atom stereocenters. The molecule has 1 aliphatic rings. The molecule has 1 fully saturated rings. The predicted molar refractivity (Wildman–Crippen MR) is 125 cm³/mol. The van der Waals surface area contributed by atoms with Crippen molar-refractivity contribution < 1.29 is 9.59 Å². The molecule has 7 nitrogen and oxygen atoms in total. The highest BCUT2D eigenvalue weighted by molar-refractivity contribution is 5.91. The fourth-order valence-electron chi connectivity index (χ4n) is 4.36. The number of nitriles is 1. The molecule has 4 rings (SSSR count). The molecule has 0 N–H and O–H groups in total. The lowest BCUT2D eigenvalue weighted by Gasteiger charge is -2.30. The van der Waals surface area contributed by atoms with E-state index in [0.29, 0.717) is 25.2 Å². The van der Waals surface area contributed by atoms with Crippen molar-refractivity contribution in [3.8, 4) is 6.07 Å². The lowest BCUT2D eigenvalue weighted by Crippen LogP contribution is -2.45. The molecule has 2 aromatic carbocycles. The van der Waals surface area contributed by atoms with Gasteiger partial charge in [-0.05, 0) is 42.7 Å². The third-order valence-electron chi connectivity index (χ3n) is 6.11. The highest BCUT2D eigenvalue weighted by Gasteiger charge is 2.31. The van der Waals surface area contributed by atoms with Gasteiger partial charge in [-0.25, -0.2) is 4.98 Å². The molecule has 2 heterocycles. The van der Waals surface area contributed by atoms with Crippen molar-refractivity contribution in [2.24, 2.45) is 0 Å². The molecule has 1 aliphatic heterocycles. The largest absolute Gasteiger partial charge is 0.338 e. The van der Waals surface area contributed by atoms with Gasteiger partial charge in [-0.3, -0.25) is 9.59 Å². The van der Waals surface area contributed by atoms with Crippen molar-refractivity contribution in [3.63, 3.8) is 0 Å². The van der Waals surface area contributed by atoms with Crippen molar-refractivity contribution in [2.45, 2.75) is 38.8 Å².